The van der Waals surface area contributed by atoms with E-state index in [2.05, 4.69) is 15.1 Å². The van der Waals surface area contributed by atoms with E-state index in [9.17, 15) is 0 Å². The molecule has 0 saturated heterocycles. The van der Waals surface area contributed by atoms with Crippen molar-refractivity contribution in [3.63, 3.8) is 0 Å². The molecular weight excluding hydrogens is 394 g/mol. The van der Waals surface area contributed by atoms with Crippen LogP contribution in [0, 0.1) is 0 Å². The van der Waals surface area contributed by atoms with Crippen LogP contribution >= 0.6 is 11.6 Å². The van der Waals surface area contributed by atoms with E-state index in [4.69, 9.17) is 31.5 Å². The topological polar surface area (TPSA) is 96.8 Å². The van der Waals surface area contributed by atoms with Gasteiger partial charge in [0.25, 0.3) is 5.78 Å². The molecule has 2 aromatic carbocycles. The fourth-order valence-electron chi connectivity index (χ4n) is 3.09. The Balaban J connectivity index is 1.99. The number of anilines is 1. The lowest BCUT2D eigenvalue weighted by atomic mass is 10.1. The first-order chi connectivity index (χ1) is 14.0. The first-order valence-electron chi connectivity index (χ1n) is 8.63. The Bertz CT molecular complexity index is 1170. The van der Waals surface area contributed by atoms with Gasteiger partial charge in [0.05, 0.1) is 32.7 Å². The van der Waals surface area contributed by atoms with E-state index in [1.165, 1.54) is 0 Å². The lowest BCUT2D eigenvalue weighted by Gasteiger charge is -2.15. The predicted molar refractivity (Wildman–Crippen MR) is 111 cm³/mol. The highest BCUT2D eigenvalue weighted by Gasteiger charge is 2.18. The Morgan fingerprint density at radius 2 is 1.52 bits per heavy atom. The van der Waals surface area contributed by atoms with Crippen molar-refractivity contribution in [2.24, 2.45) is 0 Å². The van der Waals surface area contributed by atoms with Crippen molar-refractivity contribution < 1.29 is 14.2 Å². The second-order valence-corrected chi connectivity index (χ2v) is 6.57. The number of benzene rings is 2. The van der Waals surface area contributed by atoms with Gasteiger partial charge in [-0.05, 0) is 30.3 Å². The van der Waals surface area contributed by atoms with E-state index >= 15 is 0 Å². The summed E-state index contributed by atoms with van der Waals surface area (Å²) in [6, 6.07) is 12.9. The molecule has 0 spiro atoms. The summed E-state index contributed by atoms with van der Waals surface area (Å²) in [4.78, 5) is 8.81. The number of nitrogen functional groups attached to an aromatic ring is 1. The van der Waals surface area contributed by atoms with Gasteiger partial charge in [-0.1, -0.05) is 23.7 Å². The Morgan fingerprint density at radius 3 is 2.10 bits per heavy atom. The number of halogens is 1. The van der Waals surface area contributed by atoms with E-state index in [0.29, 0.717) is 39.4 Å². The Kier molecular flexibility index (Phi) is 4.85. The molecule has 0 aliphatic carbocycles. The van der Waals surface area contributed by atoms with Crippen LogP contribution in [0.2, 0.25) is 5.02 Å². The summed E-state index contributed by atoms with van der Waals surface area (Å²) >= 11 is 6.02. The number of hydrogen-bond acceptors (Lipinski definition) is 7. The molecule has 0 radical (unpaired) electrons. The van der Waals surface area contributed by atoms with Gasteiger partial charge in [-0.25, -0.2) is 4.98 Å². The highest BCUT2D eigenvalue weighted by Crippen LogP contribution is 2.41. The standard InChI is InChI=1S/C20H18ClN5O3/c1-27-16-8-12(9-17(28-2)18(16)29-3)15-10-14(11-4-6-13(21)7-5-11)23-20-24-19(22)25-26(15)20/h4-10H,1-3H3,(H2,22,25). The highest BCUT2D eigenvalue weighted by molar-refractivity contribution is 6.30. The van der Waals surface area contributed by atoms with Gasteiger partial charge in [-0.15, -0.1) is 5.10 Å². The summed E-state index contributed by atoms with van der Waals surface area (Å²) in [6.45, 7) is 0. The average molecular weight is 412 g/mol. The summed E-state index contributed by atoms with van der Waals surface area (Å²) in [5.74, 6) is 2.04. The maximum absolute atomic E-state index is 6.02. The lowest BCUT2D eigenvalue weighted by Crippen LogP contribution is -2.01. The molecule has 2 heterocycles. The van der Waals surface area contributed by atoms with Gasteiger partial charge in [0.1, 0.15) is 0 Å². The summed E-state index contributed by atoms with van der Waals surface area (Å²) in [5.41, 5.74) is 8.90. The molecule has 0 fully saturated rings. The van der Waals surface area contributed by atoms with Gasteiger partial charge in [-0.3, -0.25) is 0 Å². The van der Waals surface area contributed by atoms with E-state index in [0.717, 1.165) is 11.1 Å². The average Bonchev–Trinajstić information content (AvgIpc) is 3.12. The molecule has 0 bridgehead atoms. The third-order valence-electron chi connectivity index (χ3n) is 4.43. The van der Waals surface area contributed by atoms with Crippen LogP contribution < -0.4 is 19.9 Å². The molecule has 9 heteroatoms. The van der Waals surface area contributed by atoms with E-state index in [-0.39, 0.29) is 5.95 Å². The third-order valence-corrected chi connectivity index (χ3v) is 4.68. The van der Waals surface area contributed by atoms with Crippen LogP contribution in [0.1, 0.15) is 0 Å². The zero-order valence-corrected chi connectivity index (χ0v) is 16.8. The van der Waals surface area contributed by atoms with Gasteiger partial charge in [0, 0.05) is 16.1 Å². The lowest BCUT2D eigenvalue weighted by molar-refractivity contribution is 0.324. The predicted octanol–water partition coefficient (Wildman–Crippen LogP) is 3.72. The van der Waals surface area contributed by atoms with Gasteiger partial charge < -0.3 is 19.9 Å². The van der Waals surface area contributed by atoms with Crippen molar-refractivity contribution in [3.05, 3.63) is 47.5 Å². The monoisotopic (exact) mass is 411 g/mol. The number of ether oxygens (including phenoxy) is 3. The zero-order chi connectivity index (χ0) is 20.5. The molecule has 0 saturated carbocycles. The first-order valence-corrected chi connectivity index (χ1v) is 9.01. The molecular formula is C20H18ClN5O3. The molecule has 2 aromatic heterocycles. The normalized spacial score (nSPS) is 10.9. The van der Waals surface area contributed by atoms with Crippen molar-refractivity contribution in [1.29, 1.82) is 0 Å². The number of hydrogen-bond donors (Lipinski definition) is 1. The second-order valence-electron chi connectivity index (χ2n) is 6.13. The van der Waals surface area contributed by atoms with E-state index in [1.54, 1.807) is 38.0 Å². The third kappa shape index (κ3) is 3.38. The van der Waals surface area contributed by atoms with Crippen molar-refractivity contribution in [2.75, 3.05) is 27.1 Å². The molecule has 0 aliphatic rings. The number of rotatable bonds is 5. The molecule has 0 amide bonds. The molecule has 0 atom stereocenters. The van der Waals surface area contributed by atoms with Crippen LogP contribution in [0.15, 0.2) is 42.5 Å². The van der Waals surface area contributed by atoms with Crippen LogP contribution in [-0.2, 0) is 0 Å². The summed E-state index contributed by atoms with van der Waals surface area (Å²) in [5, 5.41) is 4.92. The largest absolute Gasteiger partial charge is 0.493 e. The second kappa shape index (κ2) is 7.48. The van der Waals surface area contributed by atoms with Gasteiger partial charge in [0.2, 0.25) is 11.7 Å². The molecule has 29 heavy (non-hydrogen) atoms. The number of nitrogens with two attached hydrogens (primary N) is 1. The Hall–Kier alpha value is -3.52. The SMILES string of the molecule is COc1cc(-c2cc(-c3ccc(Cl)cc3)nc3nc(N)nn23)cc(OC)c1OC. The van der Waals surface area contributed by atoms with Crippen LogP contribution in [0.5, 0.6) is 17.2 Å². The minimum Gasteiger partial charge on any atom is -0.493 e. The number of aromatic nitrogens is 4. The molecule has 0 unspecified atom stereocenters. The molecule has 8 nitrogen and oxygen atoms in total. The molecule has 148 valence electrons. The van der Waals surface area contributed by atoms with Gasteiger partial charge in [0.15, 0.2) is 11.5 Å². The fourth-order valence-corrected chi connectivity index (χ4v) is 3.21. The van der Waals surface area contributed by atoms with Gasteiger partial charge >= 0.3 is 0 Å². The molecule has 0 aliphatic heterocycles. The van der Waals surface area contributed by atoms with Crippen LogP contribution in [0.25, 0.3) is 28.3 Å². The highest BCUT2D eigenvalue weighted by atomic mass is 35.5. The van der Waals surface area contributed by atoms with Crippen molar-refractivity contribution in [2.45, 2.75) is 0 Å². The molecule has 4 aromatic rings. The van der Waals surface area contributed by atoms with Crippen LogP contribution in [0.4, 0.5) is 5.95 Å². The van der Waals surface area contributed by atoms with Crippen molar-refractivity contribution in [1.82, 2.24) is 19.6 Å². The summed E-state index contributed by atoms with van der Waals surface area (Å²) < 4.78 is 18.0. The van der Waals surface area contributed by atoms with Crippen LogP contribution in [0.3, 0.4) is 0 Å². The number of methoxy groups -OCH3 is 3. The minimum absolute atomic E-state index is 0.124. The minimum atomic E-state index is 0.124. The maximum atomic E-state index is 6.02. The summed E-state index contributed by atoms with van der Waals surface area (Å²) in [6.07, 6.45) is 0. The first kappa shape index (κ1) is 18.8. The summed E-state index contributed by atoms with van der Waals surface area (Å²) in [7, 11) is 4.69. The van der Waals surface area contributed by atoms with E-state index < -0.39 is 0 Å². The van der Waals surface area contributed by atoms with E-state index in [1.807, 2.05) is 30.3 Å². The smallest absolute Gasteiger partial charge is 0.255 e. The van der Waals surface area contributed by atoms with Gasteiger partial charge in [-0.2, -0.15) is 9.50 Å². The van der Waals surface area contributed by atoms with Crippen molar-refractivity contribution in [3.8, 4) is 39.8 Å². The Morgan fingerprint density at radius 1 is 0.862 bits per heavy atom. The maximum Gasteiger partial charge on any atom is 0.255 e. The van der Waals surface area contributed by atoms with Crippen molar-refractivity contribution >= 4 is 23.3 Å². The quantitative estimate of drug-likeness (QED) is 0.534. The molecule has 2 N–H and O–H groups in total. The number of fused-ring (bicyclic) bond motifs is 1. The molecule has 4 rings (SSSR count). The Labute approximate surface area is 171 Å². The zero-order valence-electron chi connectivity index (χ0n) is 16.0. The number of nitrogens with zero attached hydrogens (tertiary/aromatic N) is 4. The van der Waals surface area contributed by atoms with Crippen LogP contribution in [-0.4, -0.2) is 40.9 Å². The fraction of sp³-hybridized carbons (Fsp3) is 0.150.